The zero-order valence-corrected chi connectivity index (χ0v) is 14.8. The van der Waals surface area contributed by atoms with Gasteiger partial charge >= 0.3 is 0 Å². The van der Waals surface area contributed by atoms with Crippen LogP contribution < -0.4 is 18.9 Å². The van der Waals surface area contributed by atoms with Crippen molar-refractivity contribution in [2.75, 3.05) is 14.2 Å². The molecule has 0 saturated carbocycles. The van der Waals surface area contributed by atoms with Crippen molar-refractivity contribution < 1.29 is 18.9 Å². The molecule has 2 bridgehead atoms. The summed E-state index contributed by atoms with van der Waals surface area (Å²) < 4.78 is 23.7. The average Bonchev–Trinajstić information content (AvgIpc) is 3.08. The lowest BCUT2D eigenvalue weighted by molar-refractivity contribution is 0.184. The third-order valence-electron chi connectivity index (χ3n) is 4.34. The molecule has 2 atom stereocenters. The largest absolute Gasteiger partial charge is 0.492 e. The minimum absolute atomic E-state index is 0.0234. The first kappa shape index (κ1) is 16.0. The van der Waals surface area contributed by atoms with Crippen molar-refractivity contribution in [2.24, 2.45) is 0 Å². The fourth-order valence-corrected chi connectivity index (χ4v) is 3.65. The molecule has 1 aromatic rings. The molecule has 0 spiro atoms. The van der Waals surface area contributed by atoms with Crippen molar-refractivity contribution in [3.63, 3.8) is 0 Å². The molecule has 23 heavy (non-hydrogen) atoms. The highest BCUT2D eigenvalue weighted by Gasteiger charge is 2.42. The molecule has 2 unspecified atom stereocenters. The second-order valence-corrected chi connectivity index (χ2v) is 6.72. The topological polar surface area (TPSA) is 36.9 Å². The lowest BCUT2D eigenvalue weighted by atomic mass is 9.93. The molecule has 2 aliphatic rings. The van der Waals surface area contributed by atoms with Gasteiger partial charge in [-0.05, 0) is 34.1 Å². The Morgan fingerprint density at radius 1 is 0.739 bits per heavy atom. The molecule has 0 radical (unpaired) electrons. The van der Waals surface area contributed by atoms with E-state index in [9.17, 15) is 0 Å². The van der Waals surface area contributed by atoms with E-state index in [2.05, 4.69) is 12.2 Å². The van der Waals surface area contributed by atoms with Crippen molar-refractivity contribution in [1.29, 1.82) is 0 Å². The Hall–Kier alpha value is -1.84. The monoisotopic (exact) mass is 318 g/mol. The molecule has 0 fully saturated rings. The number of hydrogen-bond acceptors (Lipinski definition) is 4. The number of ether oxygens (including phenoxy) is 4. The summed E-state index contributed by atoms with van der Waals surface area (Å²) in [5.74, 6) is 3.66. The minimum Gasteiger partial charge on any atom is -0.492 e. The maximum Gasteiger partial charge on any atom is 0.208 e. The lowest BCUT2D eigenvalue weighted by Gasteiger charge is -2.26. The summed E-state index contributed by atoms with van der Waals surface area (Å²) in [7, 11) is 3.40. The van der Waals surface area contributed by atoms with Gasteiger partial charge in [0.15, 0.2) is 11.5 Å². The van der Waals surface area contributed by atoms with Crippen molar-refractivity contribution in [3.8, 4) is 23.0 Å². The molecule has 126 valence electrons. The summed E-state index contributed by atoms with van der Waals surface area (Å²) in [6.45, 7) is 8.02. The van der Waals surface area contributed by atoms with Crippen LogP contribution in [0.1, 0.15) is 57.1 Å². The Balaban J connectivity index is 2.27. The van der Waals surface area contributed by atoms with Crippen LogP contribution in [0.2, 0.25) is 0 Å². The van der Waals surface area contributed by atoms with Crippen molar-refractivity contribution >= 4 is 0 Å². The van der Waals surface area contributed by atoms with Crippen LogP contribution >= 0.6 is 0 Å². The SMILES string of the molecule is COc1c(OC(C)C)c(OC(C)C)c(OC)c2c1C1C=CC2C1. The second-order valence-electron chi connectivity index (χ2n) is 6.72. The van der Waals surface area contributed by atoms with Crippen LogP contribution in [-0.4, -0.2) is 26.4 Å². The van der Waals surface area contributed by atoms with Crippen LogP contribution in [0.3, 0.4) is 0 Å². The Labute approximate surface area is 138 Å². The standard InChI is InChI=1S/C19H26O4/c1-10(2)22-18-16(20-5)14-12-7-8-13(9-12)15(14)17(21-6)19(18)23-11(3)4/h7-8,10-13H,9H2,1-6H3. The summed E-state index contributed by atoms with van der Waals surface area (Å²) in [6.07, 6.45) is 5.65. The van der Waals surface area contributed by atoms with Crippen LogP contribution in [0.5, 0.6) is 23.0 Å². The lowest BCUT2D eigenvalue weighted by Crippen LogP contribution is -2.15. The number of rotatable bonds is 6. The van der Waals surface area contributed by atoms with Gasteiger partial charge in [0.1, 0.15) is 0 Å². The smallest absolute Gasteiger partial charge is 0.208 e. The Kier molecular flexibility index (Phi) is 4.17. The zero-order valence-electron chi connectivity index (χ0n) is 14.8. The van der Waals surface area contributed by atoms with E-state index in [4.69, 9.17) is 18.9 Å². The molecule has 4 nitrogen and oxygen atoms in total. The second kappa shape index (κ2) is 5.99. The summed E-state index contributed by atoms with van der Waals surface area (Å²) in [5, 5.41) is 0. The van der Waals surface area contributed by atoms with Gasteiger partial charge in [0.2, 0.25) is 11.5 Å². The normalized spacial score (nSPS) is 21.0. The van der Waals surface area contributed by atoms with Gasteiger partial charge in [-0.2, -0.15) is 0 Å². The molecule has 0 aromatic heterocycles. The first-order valence-corrected chi connectivity index (χ1v) is 8.31. The van der Waals surface area contributed by atoms with E-state index < -0.39 is 0 Å². The third kappa shape index (κ3) is 2.54. The number of benzene rings is 1. The molecular formula is C19H26O4. The maximum atomic E-state index is 6.09. The molecular weight excluding hydrogens is 292 g/mol. The summed E-state index contributed by atoms with van der Waals surface area (Å²) in [5.41, 5.74) is 2.40. The zero-order chi connectivity index (χ0) is 16.7. The Morgan fingerprint density at radius 2 is 1.13 bits per heavy atom. The van der Waals surface area contributed by atoms with Gasteiger partial charge in [-0.25, -0.2) is 0 Å². The van der Waals surface area contributed by atoms with E-state index in [1.54, 1.807) is 14.2 Å². The molecule has 0 N–H and O–H groups in total. The fraction of sp³-hybridized carbons (Fsp3) is 0.579. The predicted molar refractivity (Wildman–Crippen MR) is 90.3 cm³/mol. The number of methoxy groups -OCH3 is 2. The Morgan fingerprint density at radius 3 is 1.43 bits per heavy atom. The van der Waals surface area contributed by atoms with Gasteiger partial charge in [0, 0.05) is 23.0 Å². The molecule has 0 saturated heterocycles. The molecule has 0 heterocycles. The summed E-state index contributed by atoms with van der Waals surface area (Å²) >= 11 is 0. The highest BCUT2D eigenvalue weighted by molar-refractivity contribution is 5.72. The van der Waals surface area contributed by atoms with Gasteiger partial charge in [-0.15, -0.1) is 0 Å². The summed E-state index contributed by atoms with van der Waals surface area (Å²) in [4.78, 5) is 0. The summed E-state index contributed by atoms with van der Waals surface area (Å²) in [6, 6.07) is 0. The molecule has 0 aliphatic heterocycles. The van der Waals surface area contributed by atoms with E-state index in [-0.39, 0.29) is 12.2 Å². The molecule has 1 aromatic carbocycles. The third-order valence-corrected chi connectivity index (χ3v) is 4.34. The van der Waals surface area contributed by atoms with Crippen LogP contribution in [0, 0.1) is 0 Å². The van der Waals surface area contributed by atoms with Crippen molar-refractivity contribution in [2.45, 2.75) is 58.2 Å². The van der Waals surface area contributed by atoms with Crippen LogP contribution in [-0.2, 0) is 0 Å². The van der Waals surface area contributed by atoms with E-state index in [1.165, 1.54) is 11.1 Å². The number of fused-ring (bicyclic) bond motifs is 5. The maximum absolute atomic E-state index is 6.09. The molecule has 4 heteroatoms. The minimum atomic E-state index is 0.0234. The number of allylic oxidation sites excluding steroid dienone is 2. The van der Waals surface area contributed by atoms with Gasteiger partial charge in [-0.1, -0.05) is 12.2 Å². The van der Waals surface area contributed by atoms with E-state index in [1.807, 2.05) is 27.7 Å². The quantitative estimate of drug-likeness (QED) is 0.728. The van der Waals surface area contributed by atoms with Gasteiger partial charge < -0.3 is 18.9 Å². The van der Waals surface area contributed by atoms with Crippen LogP contribution in [0.4, 0.5) is 0 Å². The predicted octanol–water partition coefficient (Wildman–Crippen LogP) is 4.42. The van der Waals surface area contributed by atoms with E-state index in [0.29, 0.717) is 23.3 Å². The highest BCUT2D eigenvalue weighted by atomic mass is 16.6. The molecule has 3 rings (SSSR count). The fourth-order valence-electron chi connectivity index (χ4n) is 3.65. The molecule has 0 amide bonds. The van der Waals surface area contributed by atoms with Gasteiger partial charge in [-0.3, -0.25) is 0 Å². The first-order chi connectivity index (χ1) is 11.0. The average molecular weight is 318 g/mol. The highest BCUT2D eigenvalue weighted by Crippen LogP contribution is 2.62. The van der Waals surface area contributed by atoms with Gasteiger partial charge in [0.25, 0.3) is 0 Å². The van der Waals surface area contributed by atoms with E-state index >= 15 is 0 Å². The van der Waals surface area contributed by atoms with Gasteiger partial charge in [0.05, 0.1) is 26.4 Å². The van der Waals surface area contributed by atoms with Crippen molar-refractivity contribution in [1.82, 2.24) is 0 Å². The first-order valence-electron chi connectivity index (χ1n) is 8.31. The number of hydrogen-bond donors (Lipinski definition) is 0. The van der Waals surface area contributed by atoms with Crippen LogP contribution in [0.25, 0.3) is 0 Å². The van der Waals surface area contributed by atoms with E-state index in [0.717, 1.165) is 17.9 Å². The van der Waals surface area contributed by atoms with Crippen molar-refractivity contribution in [3.05, 3.63) is 23.3 Å². The Bertz CT molecular complexity index is 578. The molecule has 2 aliphatic carbocycles. The van der Waals surface area contributed by atoms with Crippen LogP contribution in [0.15, 0.2) is 12.2 Å².